The smallest absolute Gasteiger partial charge is 0.240 e. The summed E-state index contributed by atoms with van der Waals surface area (Å²) in [5, 5.41) is 2.74. The highest BCUT2D eigenvalue weighted by Gasteiger charge is 2.30. The second-order valence-electron chi connectivity index (χ2n) is 5.48. The number of aromatic nitrogens is 2. The number of hydrogen-bond donors (Lipinski definition) is 1. The summed E-state index contributed by atoms with van der Waals surface area (Å²) in [6.45, 7) is 0.946. The van der Waals surface area contributed by atoms with Gasteiger partial charge in [-0.1, -0.05) is 0 Å². The van der Waals surface area contributed by atoms with Gasteiger partial charge in [-0.25, -0.2) is 4.98 Å². The van der Waals surface area contributed by atoms with Gasteiger partial charge in [0, 0.05) is 44.2 Å². The summed E-state index contributed by atoms with van der Waals surface area (Å²) >= 11 is 0. The fraction of sp³-hybridized carbons (Fsp3) is 0.571. The summed E-state index contributed by atoms with van der Waals surface area (Å²) in [5.41, 5.74) is 0. The first kappa shape index (κ1) is 13.8. The van der Waals surface area contributed by atoms with E-state index in [1.807, 2.05) is 10.8 Å². The summed E-state index contributed by atoms with van der Waals surface area (Å²) in [7, 11) is 0. The van der Waals surface area contributed by atoms with E-state index >= 15 is 0 Å². The molecular weight excluding hydrogens is 272 g/mol. The molecule has 2 aliphatic rings. The second kappa shape index (κ2) is 5.67. The van der Waals surface area contributed by atoms with Crippen LogP contribution >= 0.6 is 0 Å². The number of nitrogens with one attached hydrogen (secondary N) is 1. The van der Waals surface area contributed by atoms with E-state index in [-0.39, 0.29) is 37.1 Å². The minimum absolute atomic E-state index is 0.170. The molecule has 1 aliphatic heterocycles. The lowest BCUT2D eigenvalue weighted by Crippen LogP contribution is -2.40. The van der Waals surface area contributed by atoms with Gasteiger partial charge in [-0.15, -0.1) is 0 Å². The van der Waals surface area contributed by atoms with Crippen molar-refractivity contribution in [3.8, 4) is 0 Å². The molecule has 1 N–H and O–H groups in total. The maximum absolute atomic E-state index is 11.8. The molecule has 1 saturated carbocycles. The highest BCUT2D eigenvalue weighted by Crippen LogP contribution is 2.38. The zero-order valence-corrected chi connectivity index (χ0v) is 11.7. The third kappa shape index (κ3) is 3.12. The van der Waals surface area contributed by atoms with E-state index in [9.17, 15) is 14.4 Å². The lowest BCUT2D eigenvalue weighted by molar-refractivity contribution is -0.142. The number of likely N-dealkylation sites (tertiary alicyclic amines) is 1. The van der Waals surface area contributed by atoms with Gasteiger partial charge in [-0.2, -0.15) is 0 Å². The van der Waals surface area contributed by atoms with Crippen molar-refractivity contribution in [1.82, 2.24) is 19.8 Å². The van der Waals surface area contributed by atoms with Crippen molar-refractivity contribution in [2.24, 2.45) is 0 Å². The van der Waals surface area contributed by atoms with Crippen molar-refractivity contribution in [2.45, 2.75) is 38.1 Å². The van der Waals surface area contributed by atoms with Crippen LogP contribution in [0.2, 0.25) is 0 Å². The van der Waals surface area contributed by atoms with Gasteiger partial charge in [0.15, 0.2) is 0 Å². The number of amides is 3. The Balaban J connectivity index is 1.44. The zero-order valence-electron chi connectivity index (χ0n) is 11.7. The van der Waals surface area contributed by atoms with Crippen molar-refractivity contribution in [2.75, 3.05) is 13.1 Å². The van der Waals surface area contributed by atoms with Gasteiger partial charge in [0.05, 0.1) is 0 Å². The first-order chi connectivity index (χ1) is 10.1. The third-order valence-corrected chi connectivity index (χ3v) is 3.82. The third-order valence-electron chi connectivity index (χ3n) is 3.82. The molecule has 7 nitrogen and oxygen atoms in total. The van der Waals surface area contributed by atoms with Gasteiger partial charge >= 0.3 is 0 Å². The molecule has 3 rings (SSSR count). The molecule has 7 heteroatoms. The molecule has 2 heterocycles. The Bertz CT molecular complexity index is 561. The molecule has 1 aliphatic carbocycles. The van der Waals surface area contributed by atoms with Crippen molar-refractivity contribution in [1.29, 1.82) is 0 Å². The summed E-state index contributed by atoms with van der Waals surface area (Å²) < 4.78 is 2.05. The number of carbonyl (C=O) groups excluding carboxylic acids is 3. The van der Waals surface area contributed by atoms with Crippen LogP contribution in [0.1, 0.15) is 37.4 Å². The Labute approximate surface area is 122 Å². The molecule has 1 saturated heterocycles. The van der Waals surface area contributed by atoms with Gasteiger partial charge in [0.2, 0.25) is 17.7 Å². The van der Waals surface area contributed by atoms with Crippen molar-refractivity contribution < 1.29 is 14.4 Å². The Hall–Kier alpha value is -2.18. The van der Waals surface area contributed by atoms with Gasteiger partial charge in [0.1, 0.15) is 12.4 Å². The highest BCUT2D eigenvalue weighted by molar-refractivity contribution is 6.04. The van der Waals surface area contributed by atoms with Crippen LogP contribution in [0, 0.1) is 0 Å². The Kier molecular flexibility index (Phi) is 3.72. The Morgan fingerprint density at radius 1 is 1.29 bits per heavy atom. The summed E-state index contributed by atoms with van der Waals surface area (Å²) in [4.78, 5) is 40.0. The van der Waals surface area contributed by atoms with Gasteiger partial charge in [0.25, 0.3) is 0 Å². The molecule has 0 radical (unpaired) electrons. The first-order valence-electron chi connectivity index (χ1n) is 7.26. The predicted molar refractivity (Wildman–Crippen MR) is 73.2 cm³/mol. The number of imide groups is 1. The molecule has 0 atom stereocenters. The quantitative estimate of drug-likeness (QED) is 0.749. The number of nitrogens with zero attached hydrogens (tertiary/aromatic N) is 3. The first-order valence-corrected chi connectivity index (χ1v) is 7.26. The lowest BCUT2D eigenvalue weighted by Gasteiger charge is -2.14. The molecule has 0 spiro atoms. The van der Waals surface area contributed by atoms with Gasteiger partial charge in [-0.3, -0.25) is 19.3 Å². The van der Waals surface area contributed by atoms with E-state index < -0.39 is 0 Å². The molecule has 3 amide bonds. The number of carbonyl (C=O) groups is 3. The molecule has 2 fully saturated rings. The molecule has 0 unspecified atom stereocenters. The summed E-state index contributed by atoms with van der Waals surface area (Å²) in [6.07, 6.45) is 6.48. The van der Waals surface area contributed by atoms with Crippen molar-refractivity contribution in [3.63, 3.8) is 0 Å². The molecular formula is C14H18N4O3. The standard InChI is InChI=1S/C14H18N4O3/c19-11(9-18-12(20)3-4-13(18)21)15-5-7-17-8-6-16-14(17)10-1-2-10/h6,8,10H,1-5,7,9H2,(H,15,19). The van der Waals surface area contributed by atoms with E-state index in [1.54, 1.807) is 6.20 Å². The van der Waals surface area contributed by atoms with Crippen LogP contribution in [-0.2, 0) is 20.9 Å². The topological polar surface area (TPSA) is 84.3 Å². The summed E-state index contributed by atoms with van der Waals surface area (Å²) in [5.74, 6) is 0.818. The van der Waals surface area contributed by atoms with E-state index in [0.29, 0.717) is 19.0 Å². The zero-order chi connectivity index (χ0) is 14.8. The Morgan fingerprint density at radius 2 is 2.00 bits per heavy atom. The molecule has 0 aromatic carbocycles. The van der Waals surface area contributed by atoms with Crippen molar-refractivity contribution in [3.05, 3.63) is 18.2 Å². The predicted octanol–water partition coefficient (Wildman–Crippen LogP) is 0.0257. The average molecular weight is 290 g/mol. The van der Waals surface area contributed by atoms with Gasteiger partial charge < -0.3 is 9.88 Å². The SMILES string of the molecule is O=C(CN1C(=O)CCC1=O)NCCn1ccnc1C1CC1. The van der Waals surface area contributed by atoms with Crippen LogP contribution in [0.25, 0.3) is 0 Å². The van der Waals surface area contributed by atoms with E-state index in [4.69, 9.17) is 0 Å². The minimum atomic E-state index is -0.299. The number of imidazole rings is 1. The van der Waals surface area contributed by atoms with Gasteiger partial charge in [-0.05, 0) is 12.8 Å². The van der Waals surface area contributed by atoms with Crippen LogP contribution in [0.5, 0.6) is 0 Å². The number of rotatable bonds is 6. The highest BCUT2D eigenvalue weighted by atomic mass is 16.2. The number of hydrogen-bond acceptors (Lipinski definition) is 4. The van der Waals surface area contributed by atoms with Crippen LogP contribution < -0.4 is 5.32 Å². The lowest BCUT2D eigenvalue weighted by atomic mass is 10.4. The fourth-order valence-electron chi connectivity index (χ4n) is 2.53. The molecule has 112 valence electrons. The molecule has 0 bridgehead atoms. The molecule has 1 aromatic heterocycles. The van der Waals surface area contributed by atoms with Crippen LogP contribution in [0.3, 0.4) is 0 Å². The average Bonchev–Trinajstić information content (AvgIpc) is 3.13. The van der Waals surface area contributed by atoms with E-state index in [1.165, 1.54) is 12.8 Å². The Morgan fingerprint density at radius 3 is 2.67 bits per heavy atom. The van der Waals surface area contributed by atoms with Crippen LogP contribution in [0.4, 0.5) is 0 Å². The van der Waals surface area contributed by atoms with Crippen molar-refractivity contribution >= 4 is 17.7 Å². The van der Waals surface area contributed by atoms with Crippen LogP contribution in [0.15, 0.2) is 12.4 Å². The van der Waals surface area contributed by atoms with E-state index in [0.717, 1.165) is 10.7 Å². The normalized spacial score (nSPS) is 18.4. The fourth-order valence-corrected chi connectivity index (χ4v) is 2.53. The monoisotopic (exact) mass is 290 g/mol. The van der Waals surface area contributed by atoms with E-state index in [2.05, 4.69) is 10.3 Å². The largest absolute Gasteiger partial charge is 0.353 e. The maximum Gasteiger partial charge on any atom is 0.240 e. The minimum Gasteiger partial charge on any atom is -0.353 e. The molecule has 1 aromatic rings. The maximum atomic E-state index is 11.8. The second-order valence-corrected chi connectivity index (χ2v) is 5.48. The summed E-state index contributed by atoms with van der Waals surface area (Å²) in [6, 6.07) is 0. The van der Waals surface area contributed by atoms with Crippen LogP contribution in [-0.4, -0.2) is 45.3 Å². The molecule has 21 heavy (non-hydrogen) atoms.